The highest BCUT2D eigenvalue weighted by atomic mass is 16.2. The van der Waals surface area contributed by atoms with E-state index in [-0.39, 0.29) is 12.3 Å². The molecule has 0 aliphatic heterocycles. The molecule has 0 unspecified atom stereocenters. The fourth-order valence-electron chi connectivity index (χ4n) is 2.02. The fraction of sp³-hybridized carbons (Fsp3) is 0.400. The largest absolute Gasteiger partial charge is 0.344 e. The summed E-state index contributed by atoms with van der Waals surface area (Å²) in [6.07, 6.45) is 0.277. The van der Waals surface area contributed by atoms with Gasteiger partial charge in [-0.2, -0.15) is 0 Å². The molecule has 0 aliphatic rings. The molecule has 1 aromatic heterocycles. The van der Waals surface area contributed by atoms with Crippen LogP contribution in [0.2, 0.25) is 0 Å². The van der Waals surface area contributed by atoms with Gasteiger partial charge in [0.15, 0.2) is 0 Å². The van der Waals surface area contributed by atoms with Gasteiger partial charge in [-0.1, -0.05) is 23.4 Å². The third kappa shape index (κ3) is 3.66. The minimum Gasteiger partial charge on any atom is -0.344 e. The molecule has 1 heterocycles. The second-order valence-corrected chi connectivity index (χ2v) is 4.96. The summed E-state index contributed by atoms with van der Waals surface area (Å²) in [4.78, 5) is 13.8. The van der Waals surface area contributed by atoms with E-state index in [4.69, 9.17) is 0 Å². The summed E-state index contributed by atoms with van der Waals surface area (Å²) >= 11 is 0. The highest BCUT2D eigenvalue weighted by Gasteiger charge is 2.16. The number of rotatable bonds is 6. The number of nitrogens with one attached hydrogen (secondary N) is 1. The number of hydrogen-bond donors (Lipinski definition) is 1. The number of likely N-dealkylation sites (N-methyl/N-ethyl adjacent to an activating group) is 2. The average molecular weight is 287 g/mol. The standard InChI is InChI=1S/C15H21N5O/c1-12-14(11-15(21)19(3)10-9-16-2)17-18-20(12)13-7-5-4-6-8-13/h4-8,16H,9-11H2,1-3H3. The van der Waals surface area contributed by atoms with Crippen LogP contribution in [-0.2, 0) is 11.2 Å². The van der Waals surface area contributed by atoms with Crippen molar-refractivity contribution in [3.8, 4) is 5.69 Å². The first kappa shape index (κ1) is 15.2. The smallest absolute Gasteiger partial charge is 0.228 e. The molecule has 112 valence electrons. The monoisotopic (exact) mass is 287 g/mol. The van der Waals surface area contributed by atoms with E-state index < -0.39 is 0 Å². The summed E-state index contributed by atoms with van der Waals surface area (Å²) in [5.41, 5.74) is 2.57. The minimum atomic E-state index is 0.0495. The van der Waals surface area contributed by atoms with E-state index in [1.54, 1.807) is 16.6 Å². The van der Waals surface area contributed by atoms with Crippen molar-refractivity contribution in [2.75, 3.05) is 27.2 Å². The van der Waals surface area contributed by atoms with Crippen molar-refractivity contribution in [1.82, 2.24) is 25.2 Å². The predicted octanol–water partition coefficient (Wildman–Crippen LogP) is 0.796. The van der Waals surface area contributed by atoms with Crippen LogP contribution in [0.3, 0.4) is 0 Å². The number of nitrogens with zero attached hydrogens (tertiary/aromatic N) is 4. The van der Waals surface area contributed by atoms with Gasteiger partial charge in [-0.25, -0.2) is 4.68 Å². The molecule has 6 nitrogen and oxygen atoms in total. The van der Waals surface area contributed by atoms with Crippen LogP contribution < -0.4 is 5.32 Å². The summed E-state index contributed by atoms with van der Waals surface area (Å²) in [5, 5.41) is 11.3. The van der Waals surface area contributed by atoms with Crippen LogP contribution in [0.1, 0.15) is 11.4 Å². The Morgan fingerprint density at radius 1 is 1.33 bits per heavy atom. The van der Waals surface area contributed by atoms with E-state index in [0.717, 1.165) is 23.6 Å². The quantitative estimate of drug-likeness (QED) is 0.853. The zero-order valence-corrected chi connectivity index (χ0v) is 12.7. The second kappa shape index (κ2) is 6.99. The molecule has 0 radical (unpaired) electrons. The van der Waals surface area contributed by atoms with Gasteiger partial charge < -0.3 is 10.2 Å². The Morgan fingerprint density at radius 2 is 2.05 bits per heavy atom. The van der Waals surface area contributed by atoms with Crippen LogP contribution in [0, 0.1) is 6.92 Å². The molecule has 1 N–H and O–H groups in total. The molecule has 0 fully saturated rings. The lowest BCUT2D eigenvalue weighted by Gasteiger charge is -2.16. The molecular formula is C15H21N5O. The number of carbonyl (C=O) groups is 1. The van der Waals surface area contributed by atoms with Crippen LogP contribution in [0.5, 0.6) is 0 Å². The molecule has 0 atom stereocenters. The van der Waals surface area contributed by atoms with Crippen LogP contribution in [0.4, 0.5) is 0 Å². The molecule has 0 aliphatic carbocycles. The van der Waals surface area contributed by atoms with Crippen LogP contribution in [-0.4, -0.2) is 53.0 Å². The Morgan fingerprint density at radius 3 is 2.71 bits per heavy atom. The van der Waals surface area contributed by atoms with Gasteiger partial charge in [0.2, 0.25) is 5.91 Å². The van der Waals surface area contributed by atoms with Crippen molar-refractivity contribution in [3.05, 3.63) is 41.7 Å². The molecule has 6 heteroatoms. The van der Waals surface area contributed by atoms with Gasteiger partial charge in [0.1, 0.15) is 0 Å². The average Bonchev–Trinajstić information content (AvgIpc) is 2.86. The summed E-state index contributed by atoms with van der Waals surface area (Å²) < 4.78 is 1.76. The first-order valence-corrected chi connectivity index (χ1v) is 6.98. The third-order valence-electron chi connectivity index (χ3n) is 3.43. The highest BCUT2D eigenvalue weighted by molar-refractivity contribution is 5.78. The number of hydrogen-bond acceptors (Lipinski definition) is 4. The predicted molar refractivity (Wildman–Crippen MR) is 81.4 cm³/mol. The van der Waals surface area contributed by atoms with Crippen LogP contribution in [0.25, 0.3) is 5.69 Å². The van der Waals surface area contributed by atoms with Gasteiger partial charge >= 0.3 is 0 Å². The lowest BCUT2D eigenvalue weighted by Crippen LogP contribution is -2.34. The zero-order valence-electron chi connectivity index (χ0n) is 12.7. The summed E-state index contributed by atoms with van der Waals surface area (Å²) in [6.45, 7) is 3.39. The van der Waals surface area contributed by atoms with E-state index in [1.807, 2.05) is 44.3 Å². The first-order valence-electron chi connectivity index (χ1n) is 6.98. The number of amides is 1. The second-order valence-electron chi connectivity index (χ2n) is 4.96. The van der Waals surface area contributed by atoms with Crippen molar-refractivity contribution in [1.29, 1.82) is 0 Å². The number of benzene rings is 1. The van der Waals surface area contributed by atoms with Crippen LogP contribution >= 0.6 is 0 Å². The number of para-hydroxylation sites is 1. The summed E-state index contributed by atoms with van der Waals surface area (Å²) in [7, 11) is 3.67. The van der Waals surface area contributed by atoms with Gasteiger partial charge in [-0.3, -0.25) is 4.79 Å². The zero-order chi connectivity index (χ0) is 15.2. The Bertz CT molecular complexity index is 593. The van der Waals surface area contributed by atoms with Crippen molar-refractivity contribution in [2.45, 2.75) is 13.3 Å². The third-order valence-corrected chi connectivity index (χ3v) is 3.43. The Kier molecular flexibility index (Phi) is 5.05. The molecule has 0 saturated heterocycles. The van der Waals surface area contributed by atoms with Crippen molar-refractivity contribution < 1.29 is 4.79 Å². The molecule has 0 spiro atoms. The first-order chi connectivity index (χ1) is 10.1. The van der Waals surface area contributed by atoms with E-state index in [9.17, 15) is 4.79 Å². The summed E-state index contributed by atoms with van der Waals surface area (Å²) in [5.74, 6) is 0.0495. The molecule has 0 bridgehead atoms. The van der Waals surface area contributed by atoms with E-state index in [1.165, 1.54) is 0 Å². The van der Waals surface area contributed by atoms with Gasteiger partial charge in [0.05, 0.1) is 23.5 Å². The van der Waals surface area contributed by atoms with E-state index in [2.05, 4.69) is 15.6 Å². The molecule has 21 heavy (non-hydrogen) atoms. The molecule has 2 aromatic rings. The molecule has 2 rings (SSSR count). The Balaban J connectivity index is 2.09. The Hall–Kier alpha value is -2.21. The number of aromatic nitrogens is 3. The molecule has 0 saturated carbocycles. The van der Waals surface area contributed by atoms with Gasteiger partial charge in [0.25, 0.3) is 0 Å². The number of carbonyl (C=O) groups excluding carboxylic acids is 1. The van der Waals surface area contributed by atoms with Gasteiger partial charge in [-0.05, 0) is 26.1 Å². The maximum atomic E-state index is 12.1. The maximum absolute atomic E-state index is 12.1. The molecule has 1 aromatic carbocycles. The molecular weight excluding hydrogens is 266 g/mol. The van der Waals surface area contributed by atoms with Crippen LogP contribution in [0.15, 0.2) is 30.3 Å². The van der Waals surface area contributed by atoms with E-state index in [0.29, 0.717) is 6.54 Å². The van der Waals surface area contributed by atoms with E-state index >= 15 is 0 Å². The van der Waals surface area contributed by atoms with Crippen molar-refractivity contribution in [2.24, 2.45) is 0 Å². The summed E-state index contributed by atoms with van der Waals surface area (Å²) in [6, 6.07) is 9.79. The van der Waals surface area contributed by atoms with Crippen molar-refractivity contribution >= 4 is 5.91 Å². The normalized spacial score (nSPS) is 10.6. The molecule has 1 amide bonds. The topological polar surface area (TPSA) is 63.1 Å². The van der Waals surface area contributed by atoms with Gasteiger partial charge in [-0.15, -0.1) is 5.10 Å². The SMILES string of the molecule is CNCCN(C)C(=O)Cc1nnn(-c2ccccc2)c1C. The lowest BCUT2D eigenvalue weighted by molar-refractivity contribution is -0.129. The highest BCUT2D eigenvalue weighted by Crippen LogP contribution is 2.12. The van der Waals surface area contributed by atoms with Gasteiger partial charge in [0, 0.05) is 20.1 Å². The minimum absolute atomic E-state index is 0.0495. The fourth-order valence-corrected chi connectivity index (χ4v) is 2.02. The van der Waals surface area contributed by atoms with Crippen molar-refractivity contribution in [3.63, 3.8) is 0 Å². The maximum Gasteiger partial charge on any atom is 0.228 e. The lowest BCUT2D eigenvalue weighted by atomic mass is 10.2. The Labute approximate surface area is 124 Å².